The number of benzene rings is 1. The second-order valence-electron chi connectivity index (χ2n) is 5.06. The Morgan fingerprint density at radius 1 is 1.25 bits per heavy atom. The highest BCUT2D eigenvalue weighted by Gasteiger charge is 2.12. The summed E-state index contributed by atoms with van der Waals surface area (Å²) in [5.74, 6) is -0.306. The molecule has 0 N–H and O–H groups in total. The first-order valence-electron chi connectivity index (χ1n) is 6.96. The van der Waals surface area contributed by atoms with E-state index in [1.807, 2.05) is 24.4 Å². The lowest BCUT2D eigenvalue weighted by Gasteiger charge is -2.15. The van der Waals surface area contributed by atoms with Crippen LogP contribution in [0.25, 0.3) is 16.5 Å². The Morgan fingerprint density at radius 3 is 2.90 bits per heavy atom. The molecule has 0 fully saturated rings. The van der Waals surface area contributed by atoms with Gasteiger partial charge in [0.25, 0.3) is 0 Å². The Labute approximate surface area is 118 Å². The van der Waals surface area contributed by atoms with Crippen molar-refractivity contribution >= 4 is 22.4 Å². The molecular formula is C17H17NO2. The fourth-order valence-electron chi connectivity index (χ4n) is 2.75. The maximum Gasteiger partial charge on any atom is 0.337 e. The molecule has 0 unspecified atom stereocenters. The van der Waals surface area contributed by atoms with Crippen LogP contribution in [-0.2, 0) is 4.74 Å². The Hall–Kier alpha value is -2.16. The lowest BCUT2D eigenvalue weighted by atomic mass is 9.91. The van der Waals surface area contributed by atoms with Crippen LogP contribution in [0.5, 0.6) is 0 Å². The van der Waals surface area contributed by atoms with Crippen LogP contribution >= 0.6 is 0 Å². The normalized spacial score (nSPS) is 14.9. The molecule has 0 amide bonds. The van der Waals surface area contributed by atoms with Gasteiger partial charge in [-0.3, -0.25) is 4.98 Å². The van der Waals surface area contributed by atoms with Gasteiger partial charge < -0.3 is 4.74 Å². The Kier molecular flexibility index (Phi) is 3.50. The van der Waals surface area contributed by atoms with Gasteiger partial charge in [0.15, 0.2) is 0 Å². The lowest BCUT2D eigenvalue weighted by Crippen LogP contribution is -2.01. The second kappa shape index (κ2) is 5.45. The van der Waals surface area contributed by atoms with Crippen molar-refractivity contribution in [2.24, 2.45) is 0 Å². The van der Waals surface area contributed by atoms with Crippen LogP contribution in [0, 0.1) is 0 Å². The van der Waals surface area contributed by atoms with E-state index in [0.29, 0.717) is 5.56 Å². The van der Waals surface area contributed by atoms with E-state index in [-0.39, 0.29) is 5.97 Å². The fourth-order valence-corrected chi connectivity index (χ4v) is 2.75. The molecule has 1 aliphatic rings. The third-order valence-electron chi connectivity index (χ3n) is 3.80. The SMILES string of the molecule is COC(=O)c1ccc2nccc(C3=CCCCC3)c2c1. The molecule has 0 radical (unpaired) electrons. The first kappa shape index (κ1) is 12.9. The van der Waals surface area contributed by atoms with Crippen molar-refractivity contribution < 1.29 is 9.53 Å². The first-order chi connectivity index (χ1) is 9.79. The Bertz CT molecular complexity index is 688. The third kappa shape index (κ3) is 2.31. The number of hydrogen-bond donors (Lipinski definition) is 0. The number of allylic oxidation sites excluding steroid dienone is 2. The molecule has 1 heterocycles. The third-order valence-corrected chi connectivity index (χ3v) is 3.80. The predicted molar refractivity (Wildman–Crippen MR) is 79.5 cm³/mol. The number of fused-ring (bicyclic) bond motifs is 1. The lowest BCUT2D eigenvalue weighted by molar-refractivity contribution is 0.0601. The molecule has 0 saturated carbocycles. The summed E-state index contributed by atoms with van der Waals surface area (Å²) in [6, 6.07) is 7.58. The minimum Gasteiger partial charge on any atom is -0.465 e. The Morgan fingerprint density at radius 2 is 2.15 bits per heavy atom. The number of methoxy groups -OCH3 is 1. The van der Waals surface area contributed by atoms with Crippen LogP contribution in [0.4, 0.5) is 0 Å². The molecule has 102 valence electrons. The fraction of sp³-hybridized carbons (Fsp3) is 0.294. The number of pyridine rings is 1. The molecule has 0 aliphatic heterocycles. The van der Waals surface area contributed by atoms with Gasteiger partial charge >= 0.3 is 5.97 Å². The molecule has 3 rings (SSSR count). The zero-order valence-corrected chi connectivity index (χ0v) is 11.6. The topological polar surface area (TPSA) is 39.2 Å². The van der Waals surface area contributed by atoms with E-state index in [2.05, 4.69) is 11.1 Å². The van der Waals surface area contributed by atoms with Crippen molar-refractivity contribution in [3.8, 4) is 0 Å². The van der Waals surface area contributed by atoms with Gasteiger partial charge in [-0.1, -0.05) is 6.08 Å². The van der Waals surface area contributed by atoms with Crippen LogP contribution in [0.15, 0.2) is 36.5 Å². The van der Waals surface area contributed by atoms with Gasteiger partial charge in [-0.2, -0.15) is 0 Å². The van der Waals surface area contributed by atoms with Crippen molar-refractivity contribution in [2.45, 2.75) is 25.7 Å². The molecule has 0 bridgehead atoms. The van der Waals surface area contributed by atoms with E-state index in [1.54, 1.807) is 6.07 Å². The molecule has 1 aromatic heterocycles. The number of ether oxygens (including phenoxy) is 1. The van der Waals surface area contributed by atoms with E-state index in [1.165, 1.54) is 31.1 Å². The highest BCUT2D eigenvalue weighted by atomic mass is 16.5. The molecule has 3 nitrogen and oxygen atoms in total. The molecule has 1 aromatic carbocycles. The van der Waals surface area contributed by atoms with Gasteiger partial charge in [-0.15, -0.1) is 0 Å². The minimum absolute atomic E-state index is 0.306. The van der Waals surface area contributed by atoms with Gasteiger partial charge in [0.05, 0.1) is 18.2 Å². The van der Waals surface area contributed by atoms with Crippen LogP contribution < -0.4 is 0 Å². The molecule has 1 aliphatic carbocycles. The maximum atomic E-state index is 11.7. The zero-order valence-electron chi connectivity index (χ0n) is 11.6. The smallest absolute Gasteiger partial charge is 0.337 e. The molecule has 3 heteroatoms. The van der Waals surface area contributed by atoms with Crippen LogP contribution in [0.1, 0.15) is 41.6 Å². The van der Waals surface area contributed by atoms with E-state index in [4.69, 9.17) is 4.74 Å². The standard InChI is InChI=1S/C17H17NO2/c1-20-17(19)13-7-8-16-15(11-13)14(9-10-18-16)12-5-3-2-4-6-12/h5,7-11H,2-4,6H2,1H3. The number of nitrogens with zero attached hydrogens (tertiary/aromatic N) is 1. The van der Waals surface area contributed by atoms with E-state index in [9.17, 15) is 4.79 Å². The van der Waals surface area contributed by atoms with Gasteiger partial charge in [0.1, 0.15) is 0 Å². The second-order valence-corrected chi connectivity index (χ2v) is 5.06. The van der Waals surface area contributed by atoms with E-state index in [0.717, 1.165) is 23.7 Å². The van der Waals surface area contributed by atoms with E-state index < -0.39 is 0 Å². The minimum atomic E-state index is -0.306. The van der Waals surface area contributed by atoms with E-state index >= 15 is 0 Å². The summed E-state index contributed by atoms with van der Waals surface area (Å²) in [4.78, 5) is 16.1. The van der Waals surface area contributed by atoms with Gasteiger partial charge in [0.2, 0.25) is 0 Å². The summed E-state index contributed by atoms with van der Waals surface area (Å²) in [6.45, 7) is 0. The maximum absolute atomic E-state index is 11.7. The predicted octanol–water partition coefficient (Wildman–Crippen LogP) is 3.98. The molecule has 0 spiro atoms. The van der Waals surface area contributed by atoms with Crippen molar-refractivity contribution in [3.05, 3.63) is 47.7 Å². The molecular weight excluding hydrogens is 250 g/mol. The van der Waals surface area contributed by atoms with Gasteiger partial charge in [-0.05, 0) is 61.1 Å². The highest BCUT2D eigenvalue weighted by Crippen LogP contribution is 2.31. The number of rotatable bonds is 2. The summed E-state index contributed by atoms with van der Waals surface area (Å²) in [6.07, 6.45) is 8.87. The highest BCUT2D eigenvalue weighted by molar-refractivity contribution is 5.98. The quantitative estimate of drug-likeness (QED) is 0.773. The first-order valence-corrected chi connectivity index (χ1v) is 6.96. The zero-order chi connectivity index (χ0) is 13.9. The number of esters is 1. The average molecular weight is 267 g/mol. The van der Waals surface area contributed by atoms with Crippen molar-refractivity contribution in [1.82, 2.24) is 4.98 Å². The number of aromatic nitrogens is 1. The molecule has 20 heavy (non-hydrogen) atoms. The molecule has 2 aromatic rings. The number of hydrogen-bond acceptors (Lipinski definition) is 3. The summed E-state index contributed by atoms with van der Waals surface area (Å²) in [5, 5.41) is 1.03. The summed E-state index contributed by atoms with van der Waals surface area (Å²) in [7, 11) is 1.40. The molecule has 0 atom stereocenters. The van der Waals surface area contributed by atoms with Crippen LogP contribution in [-0.4, -0.2) is 18.1 Å². The van der Waals surface area contributed by atoms with Crippen molar-refractivity contribution in [3.63, 3.8) is 0 Å². The van der Waals surface area contributed by atoms with Crippen molar-refractivity contribution in [2.75, 3.05) is 7.11 Å². The number of carbonyl (C=O) groups excluding carboxylic acids is 1. The Balaban J connectivity index is 2.16. The van der Waals surface area contributed by atoms with Crippen molar-refractivity contribution in [1.29, 1.82) is 0 Å². The largest absolute Gasteiger partial charge is 0.465 e. The van der Waals surface area contributed by atoms with Gasteiger partial charge in [-0.25, -0.2) is 4.79 Å². The van der Waals surface area contributed by atoms with Crippen LogP contribution in [0.3, 0.4) is 0 Å². The molecule has 0 saturated heterocycles. The summed E-state index contributed by atoms with van der Waals surface area (Å²) in [5.41, 5.74) is 4.05. The number of carbonyl (C=O) groups is 1. The average Bonchev–Trinajstić information content (AvgIpc) is 2.54. The summed E-state index contributed by atoms with van der Waals surface area (Å²) < 4.78 is 4.80. The summed E-state index contributed by atoms with van der Waals surface area (Å²) >= 11 is 0. The van der Waals surface area contributed by atoms with Crippen LogP contribution in [0.2, 0.25) is 0 Å². The monoisotopic (exact) mass is 267 g/mol. The van der Waals surface area contributed by atoms with Gasteiger partial charge in [0, 0.05) is 11.6 Å².